The minimum absolute atomic E-state index is 0. The fourth-order valence-corrected chi connectivity index (χ4v) is 3.03. The maximum Gasteiger partial charge on any atom is 3.00 e. The minimum atomic E-state index is -0.583. The normalized spacial score (nSPS) is 10.4. The number of aliphatic hydroxyl groups is 2. The summed E-state index contributed by atoms with van der Waals surface area (Å²) < 4.78 is 0. The van der Waals surface area contributed by atoms with Crippen LogP contribution in [0.5, 0.6) is 0 Å². The Kier molecular flexibility index (Phi) is 15.6. The standard InChI is InChI=1S/2C15H12O2.C2H4O2.Nd/c2*16-14(12-7-3-1-4-8-12)11-15(17)13-9-5-2-6-10-13;1-2(3)4;/h2*1-11,16H;1H3,(H,3,4);/q;;;+3/p+3/b2*14-11-;;. The first-order valence-electron chi connectivity index (χ1n) is 11.6. The molecule has 0 atom stereocenters. The van der Waals surface area contributed by atoms with Gasteiger partial charge < -0.3 is 20.1 Å². The predicted octanol–water partition coefficient (Wildman–Crippen LogP) is 6.42. The number of ketones is 2. The number of aliphatic hydroxyl groups excluding tert-OH is 3. The summed E-state index contributed by atoms with van der Waals surface area (Å²) in [7, 11) is 0. The zero-order chi connectivity index (χ0) is 27.8. The summed E-state index contributed by atoms with van der Waals surface area (Å²) >= 11 is 0. The number of hydrogen-bond acceptors (Lipinski definition) is 2. The second-order valence-corrected chi connectivity index (χ2v) is 7.84. The summed E-state index contributed by atoms with van der Waals surface area (Å²) in [6.45, 7) is 1.19. The van der Waals surface area contributed by atoms with Gasteiger partial charge in [-0.05, 0) is 24.3 Å². The molecular formula is C32H31NdO6+6. The van der Waals surface area contributed by atoms with Gasteiger partial charge in [-0.15, -0.1) is 0 Å². The first-order chi connectivity index (χ1) is 18.3. The van der Waals surface area contributed by atoms with Crippen molar-refractivity contribution in [1.29, 1.82) is 0 Å². The molecule has 4 aromatic rings. The van der Waals surface area contributed by atoms with Crippen molar-refractivity contribution in [3.05, 3.63) is 156 Å². The van der Waals surface area contributed by atoms with Crippen molar-refractivity contribution in [2.45, 2.75) is 6.92 Å². The molecule has 4 aromatic carbocycles. The van der Waals surface area contributed by atoms with Crippen molar-refractivity contribution < 1.29 is 70.5 Å². The molecule has 7 heteroatoms. The van der Waals surface area contributed by atoms with Crippen LogP contribution in [0.25, 0.3) is 11.5 Å². The third kappa shape index (κ3) is 13.0. The van der Waals surface area contributed by atoms with E-state index in [1.54, 1.807) is 48.5 Å². The van der Waals surface area contributed by atoms with Gasteiger partial charge in [0.2, 0.25) is 0 Å². The molecular weight excluding hydrogens is 625 g/mol. The van der Waals surface area contributed by atoms with Crippen LogP contribution >= 0.6 is 0 Å². The molecule has 0 amide bonds. The summed E-state index contributed by atoms with van der Waals surface area (Å²) in [5.74, 6) is -0.391. The first kappa shape index (κ1) is 33.1. The number of hydrogen-bond donors (Lipinski definition) is 3. The Morgan fingerprint density at radius 1 is 0.462 bits per heavy atom. The number of rotatable bonds is 6. The molecule has 193 valence electrons. The van der Waals surface area contributed by atoms with Gasteiger partial charge in [0, 0.05) is 11.1 Å². The quantitative estimate of drug-likeness (QED) is 0.0961. The van der Waals surface area contributed by atoms with Crippen LogP contribution in [-0.4, -0.2) is 47.2 Å². The second-order valence-electron chi connectivity index (χ2n) is 7.84. The van der Waals surface area contributed by atoms with E-state index in [0.29, 0.717) is 22.3 Å². The summed E-state index contributed by atoms with van der Waals surface area (Å²) in [5.41, 5.74) is 2.70. The van der Waals surface area contributed by atoms with Gasteiger partial charge in [0.25, 0.3) is 0 Å². The molecule has 0 fully saturated rings. The molecule has 0 aromatic heterocycles. The first-order valence-corrected chi connectivity index (χ1v) is 11.6. The van der Waals surface area contributed by atoms with Crippen LogP contribution in [0.15, 0.2) is 133 Å². The van der Waals surface area contributed by atoms with E-state index in [2.05, 4.69) is 0 Å². The monoisotopic (exact) mass is 653 g/mol. The van der Waals surface area contributed by atoms with E-state index < -0.39 is 5.97 Å². The Hall–Kier alpha value is -3.88. The minimum Gasteiger partial charge on any atom is -0.507 e. The Bertz CT molecular complexity index is 1260. The van der Waals surface area contributed by atoms with Gasteiger partial charge in [0.15, 0.2) is 0 Å². The van der Waals surface area contributed by atoms with Gasteiger partial charge >= 0.3 is 58.4 Å². The summed E-state index contributed by atoms with van der Waals surface area (Å²) in [6, 6.07) is 36.4. The number of aliphatic carboxylic acids is 1. The Labute approximate surface area is 260 Å². The van der Waals surface area contributed by atoms with E-state index in [0.717, 1.165) is 0 Å². The van der Waals surface area contributed by atoms with Crippen LogP contribution in [0.4, 0.5) is 0 Å². The number of allylic oxidation sites excluding steroid dienone is 2. The van der Waals surface area contributed by atoms with E-state index in [9.17, 15) is 19.8 Å². The second kappa shape index (κ2) is 18.4. The molecule has 39 heavy (non-hydrogen) atoms. The summed E-state index contributed by atoms with van der Waals surface area (Å²) in [4.78, 5) is 27.2. The number of carboxylic acid groups (broad SMARTS) is 1. The van der Waals surface area contributed by atoms with E-state index in [4.69, 9.17) is 9.90 Å². The maximum atomic E-state index is 9.83. The van der Waals surface area contributed by atoms with Crippen LogP contribution in [0.2, 0.25) is 0 Å². The molecule has 0 aliphatic rings. The topological polar surface area (TPSA) is 125 Å². The van der Waals surface area contributed by atoms with Crippen molar-refractivity contribution in [3.8, 4) is 0 Å². The predicted molar refractivity (Wildman–Crippen MR) is 154 cm³/mol. The SMILES string of the molecule is CC(O)=[OH+].O/C(=C\C(=[OH+])c1ccccc1)c1ccccc1.O/C(=C\C(=[OH+])c1ccccc1)c1ccccc1.[Nd+3]. The Morgan fingerprint density at radius 3 is 0.897 bits per heavy atom. The van der Waals surface area contributed by atoms with E-state index in [1.807, 2.05) is 72.8 Å². The zero-order valence-corrected chi connectivity index (χ0v) is 24.6. The molecule has 6 N–H and O–H groups in total. The molecule has 0 aliphatic carbocycles. The summed E-state index contributed by atoms with van der Waals surface area (Å²) in [5, 5.41) is 27.2. The van der Waals surface area contributed by atoms with Crippen LogP contribution in [0, 0.1) is 40.8 Å². The molecule has 0 heterocycles. The number of carbonyl (C=O) groups excluding carboxylic acids is 2. The van der Waals surface area contributed by atoms with Gasteiger partial charge in [-0.1, -0.05) is 97.1 Å². The van der Waals surface area contributed by atoms with Crippen LogP contribution in [-0.2, 0) is 0 Å². The van der Waals surface area contributed by atoms with Gasteiger partial charge in [-0.25, -0.2) is 0 Å². The molecule has 0 aliphatic heterocycles. The van der Waals surface area contributed by atoms with Crippen LogP contribution < -0.4 is 0 Å². The molecule has 0 saturated heterocycles. The number of benzene rings is 4. The van der Waals surface area contributed by atoms with Crippen LogP contribution in [0.1, 0.15) is 29.2 Å². The largest absolute Gasteiger partial charge is 3.00 e. The maximum absolute atomic E-state index is 9.83. The van der Waals surface area contributed by atoms with Crippen molar-refractivity contribution in [3.63, 3.8) is 0 Å². The van der Waals surface area contributed by atoms with E-state index >= 15 is 0 Å². The van der Waals surface area contributed by atoms with E-state index in [-0.39, 0.29) is 63.9 Å². The average Bonchev–Trinajstić information content (AvgIpc) is 2.95. The van der Waals surface area contributed by atoms with Gasteiger partial charge in [0.1, 0.15) is 11.5 Å². The average molecular weight is 656 g/mol. The Morgan fingerprint density at radius 2 is 0.667 bits per heavy atom. The Balaban J connectivity index is 0.000000336. The van der Waals surface area contributed by atoms with E-state index in [1.165, 1.54) is 19.1 Å². The molecule has 1 radical (unpaired) electrons. The van der Waals surface area contributed by atoms with Crippen molar-refractivity contribution in [1.82, 2.24) is 0 Å². The summed E-state index contributed by atoms with van der Waals surface area (Å²) in [6.07, 6.45) is 2.70. The third-order valence-corrected chi connectivity index (χ3v) is 4.83. The molecule has 6 nitrogen and oxygen atoms in total. The van der Waals surface area contributed by atoms with Crippen molar-refractivity contribution in [2.24, 2.45) is 0 Å². The van der Waals surface area contributed by atoms with Gasteiger partial charge in [-0.3, -0.25) is 9.59 Å². The number of carboxylic acids is 1. The third-order valence-electron chi connectivity index (χ3n) is 4.83. The fraction of sp³-hybridized carbons (Fsp3) is 0.0312. The molecule has 0 bridgehead atoms. The molecule has 0 spiro atoms. The smallest absolute Gasteiger partial charge is 0.507 e. The van der Waals surface area contributed by atoms with Gasteiger partial charge in [-0.2, -0.15) is 0 Å². The van der Waals surface area contributed by atoms with Crippen molar-refractivity contribution >= 4 is 29.1 Å². The van der Waals surface area contributed by atoms with Gasteiger partial charge in [0.05, 0.1) is 30.2 Å². The fourth-order valence-electron chi connectivity index (χ4n) is 3.03. The van der Waals surface area contributed by atoms with Crippen LogP contribution in [0.3, 0.4) is 0 Å². The molecule has 4 rings (SSSR count). The zero-order valence-electron chi connectivity index (χ0n) is 21.4. The molecule has 0 saturated carbocycles. The van der Waals surface area contributed by atoms with Crippen molar-refractivity contribution in [2.75, 3.05) is 0 Å². The molecule has 0 unspecified atom stereocenters.